The number of morpholine rings is 1. The molecule has 4 aliphatic carbocycles. The van der Waals surface area contributed by atoms with Crippen molar-refractivity contribution in [3.8, 4) is 0 Å². The zero-order valence-corrected chi connectivity index (χ0v) is 42.5. The van der Waals surface area contributed by atoms with Crippen LogP contribution in [0.1, 0.15) is 208 Å². The summed E-state index contributed by atoms with van der Waals surface area (Å²) < 4.78 is 30.8. The number of hydrogen-bond donors (Lipinski definition) is 0. The quantitative estimate of drug-likeness (QED) is 0.0474. The van der Waals surface area contributed by atoms with Crippen LogP contribution in [0.5, 0.6) is 0 Å². The Kier molecular flexibility index (Phi) is 25.2. The Morgan fingerprint density at radius 2 is 1.43 bits per heavy atom. The highest BCUT2D eigenvalue weighted by atomic mass is 16.6. The van der Waals surface area contributed by atoms with E-state index in [0.29, 0.717) is 50.0 Å². The van der Waals surface area contributed by atoms with Crippen molar-refractivity contribution < 1.29 is 23.7 Å². The van der Waals surface area contributed by atoms with Gasteiger partial charge in [-0.25, -0.2) is 0 Å². The van der Waals surface area contributed by atoms with E-state index in [0.717, 1.165) is 94.2 Å². The van der Waals surface area contributed by atoms with Crippen LogP contribution in [0.25, 0.3) is 0 Å². The van der Waals surface area contributed by atoms with Crippen LogP contribution in [-0.4, -0.2) is 89.6 Å². The van der Waals surface area contributed by atoms with E-state index in [9.17, 15) is 0 Å². The Balaban J connectivity index is 0.912. The van der Waals surface area contributed by atoms with Crippen molar-refractivity contribution in [1.82, 2.24) is 4.90 Å². The molecule has 3 saturated carbocycles. The third-order valence-electron chi connectivity index (χ3n) is 17.4. The molecule has 0 aromatic rings. The number of rotatable bonds is 34. The normalized spacial score (nSPS) is 29.8. The molecule has 0 bridgehead atoms. The van der Waals surface area contributed by atoms with Crippen LogP contribution in [0.2, 0.25) is 0 Å². The molecule has 1 heterocycles. The summed E-state index contributed by atoms with van der Waals surface area (Å²) in [6.45, 7) is 23.9. The number of nitrogens with zero attached hydrogens (tertiary/aromatic N) is 1. The molecule has 5 aliphatic rings. The van der Waals surface area contributed by atoms with E-state index in [4.69, 9.17) is 23.7 Å². The number of fused-ring (bicyclic) bond motifs is 5. The molecule has 1 saturated heterocycles. The standard InChI is InChI=1S/C57H103NO5/c1-7-8-9-10-11-12-13-14-15-16-17-18-19-20-21-22-38-61-46-51(32-35-58-36-39-59-40-37-58)63-44-42-60-41-43-62-50-30-33-56(5)49(45-50)26-27-52-54-29-28-53(48(4)25-23-24-47(2)3)57(54,6)34-31-55(52)56/h14-15,26,47-48,50-55H,7-13,16-25,27-46H2,1-6H3/t48-,50+,51?,52?,53?,54?,55?,56+,57-/m1/s1. The minimum Gasteiger partial charge on any atom is -0.379 e. The molecule has 0 spiro atoms. The van der Waals surface area contributed by atoms with Crippen molar-refractivity contribution in [2.24, 2.45) is 46.3 Å². The fourth-order valence-electron chi connectivity index (χ4n) is 13.5. The topological polar surface area (TPSA) is 49.4 Å². The van der Waals surface area contributed by atoms with Crippen molar-refractivity contribution in [3.63, 3.8) is 0 Å². The van der Waals surface area contributed by atoms with Crippen LogP contribution in [0, 0.1) is 46.3 Å². The molecule has 366 valence electrons. The van der Waals surface area contributed by atoms with Crippen molar-refractivity contribution in [2.45, 2.75) is 221 Å². The molecule has 5 rings (SSSR count). The van der Waals surface area contributed by atoms with Crippen LogP contribution in [-0.2, 0) is 23.7 Å². The lowest BCUT2D eigenvalue weighted by molar-refractivity contribution is -0.0728. The second kappa shape index (κ2) is 29.9. The molecule has 6 heteroatoms. The first-order chi connectivity index (χ1) is 30.7. The van der Waals surface area contributed by atoms with Gasteiger partial charge in [0, 0.05) is 26.2 Å². The fraction of sp³-hybridized carbons (Fsp3) is 0.930. The molecule has 0 aromatic heterocycles. The van der Waals surface area contributed by atoms with E-state index in [1.807, 2.05) is 0 Å². The maximum atomic E-state index is 6.52. The van der Waals surface area contributed by atoms with Gasteiger partial charge >= 0.3 is 0 Å². The molecule has 0 N–H and O–H groups in total. The highest BCUT2D eigenvalue weighted by Gasteiger charge is 2.59. The second-order valence-corrected chi connectivity index (χ2v) is 22.4. The van der Waals surface area contributed by atoms with E-state index in [-0.39, 0.29) is 6.10 Å². The maximum Gasteiger partial charge on any atom is 0.0821 e. The van der Waals surface area contributed by atoms with Gasteiger partial charge in [0.05, 0.1) is 58.5 Å². The molecule has 1 aliphatic heterocycles. The van der Waals surface area contributed by atoms with Gasteiger partial charge in [-0.3, -0.25) is 4.90 Å². The van der Waals surface area contributed by atoms with Crippen LogP contribution in [0.15, 0.2) is 23.8 Å². The van der Waals surface area contributed by atoms with Crippen LogP contribution < -0.4 is 0 Å². The lowest BCUT2D eigenvalue weighted by Crippen LogP contribution is -2.51. The van der Waals surface area contributed by atoms with Gasteiger partial charge in [-0.05, 0) is 136 Å². The average Bonchev–Trinajstić information content (AvgIpc) is 3.64. The van der Waals surface area contributed by atoms with Crippen molar-refractivity contribution >= 4 is 0 Å². The fourth-order valence-corrected chi connectivity index (χ4v) is 13.5. The van der Waals surface area contributed by atoms with Gasteiger partial charge in [0.25, 0.3) is 0 Å². The van der Waals surface area contributed by atoms with Crippen molar-refractivity contribution in [3.05, 3.63) is 23.8 Å². The largest absolute Gasteiger partial charge is 0.379 e. The van der Waals surface area contributed by atoms with Gasteiger partial charge in [0.2, 0.25) is 0 Å². The Bertz CT molecular complexity index is 1250. The van der Waals surface area contributed by atoms with Gasteiger partial charge in [0.1, 0.15) is 0 Å². The summed E-state index contributed by atoms with van der Waals surface area (Å²) in [5, 5.41) is 0. The maximum absolute atomic E-state index is 6.52. The summed E-state index contributed by atoms with van der Waals surface area (Å²) in [6.07, 6.45) is 42.7. The second-order valence-electron chi connectivity index (χ2n) is 22.4. The summed E-state index contributed by atoms with van der Waals surface area (Å²) in [7, 11) is 0. The van der Waals surface area contributed by atoms with Gasteiger partial charge in [-0.15, -0.1) is 0 Å². The molecule has 0 amide bonds. The van der Waals surface area contributed by atoms with E-state index in [2.05, 4.69) is 64.7 Å². The molecular weight excluding hydrogens is 779 g/mol. The summed E-state index contributed by atoms with van der Waals surface area (Å²) in [5.74, 6) is 5.35. The third kappa shape index (κ3) is 17.7. The zero-order chi connectivity index (χ0) is 44.6. The van der Waals surface area contributed by atoms with Gasteiger partial charge in [-0.2, -0.15) is 0 Å². The molecule has 0 aromatic carbocycles. The molecule has 0 radical (unpaired) electrons. The molecule has 6 nitrogen and oxygen atoms in total. The van der Waals surface area contributed by atoms with Gasteiger partial charge < -0.3 is 23.7 Å². The Labute approximate surface area is 390 Å². The molecular formula is C57H103NO5. The number of hydrogen-bond acceptors (Lipinski definition) is 6. The Morgan fingerprint density at radius 3 is 2.17 bits per heavy atom. The molecule has 63 heavy (non-hydrogen) atoms. The SMILES string of the molecule is CCCCCCCCC=CCCCCCCCCOCC(CCN1CCOCC1)OCCOCCO[C@H]1CC[C@@]2(C)C(=CCC3C4CCC([C@H](C)CCCC(C)C)[C@@]4(C)CCC32)C1. The first kappa shape index (κ1) is 53.2. The first-order valence-electron chi connectivity index (χ1n) is 27.8. The monoisotopic (exact) mass is 882 g/mol. The van der Waals surface area contributed by atoms with E-state index >= 15 is 0 Å². The molecule has 5 unspecified atom stereocenters. The minimum atomic E-state index is 0.109. The minimum absolute atomic E-state index is 0.109. The van der Waals surface area contributed by atoms with Crippen LogP contribution in [0.4, 0.5) is 0 Å². The smallest absolute Gasteiger partial charge is 0.0821 e. The van der Waals surface area contributed by atoms with Gasteiger partial charge in [0.15, 0.2) is 0 Å². The molecule has 4 fully saturated rings. The lowest BCUT2D eigenvalue weighted by Gasteiger charge is -2.58. The summed E-state index contributed by atoms with van der Waals surface area (Å²) in [5.41, 5.74) is 2.67. The average molecular weight is 882 g/mol. The highest BCUT2D eigenvalue weighted by molar-refractivity contribution is 5.25. The summed E-state index contributed by atoms with van der Waals surface area (Å²) in [4.78, 5) is 2.50. The van der Waals surface area contributed by atoms with Gasteiger partial charge in [-0.1, -0.05) is 142 Å². The van der Waals surface area contributed by atoms with Crippen LogP contribution >= 0.6 is 0 Å². The molecule has 9 atom stereocenters. The Hall–Kier alpha value is -0.760. The first-order valence-corrected chi connectivity index (χ1v) is 27.8. The predicted molar refractivity (Wildman–Crippen MR) is 265 cm³/mol. The van der Waals surface area contributed by atoms with Crippen molar-refractivity contribution in [1.29, 1.82) is 0 Å². The lowest BCUT2D eigenvalue weighted by atomic mass is 9.47. The van der Waals surface area contributed by atoms with E-state index < -0.39 is 0 Å². The number of unbranched alkanes of at least 4 members (excludes halogenated alkanes) is 12. The van der Waals surface area contributed by atoms with E-state index in [1.165, 1.54) is 148 Å². The number of allylic oxidation sites excluding steroid dienone is 3. The Morgan fingerprint density at radius 1 is 0.714 bits per heavy atom. The predicted octanol–water partition coefficient (Wildman–Crippen LogP) is 14.6. The third-order valence-corrected chi connectivity index (χ3v) is 17.4. The van der Waals surface area contributed by atoms with E-state index in [1.54, 1.807) is 5.57 Å². The number of ether oxygens (including phenoxy) is 5. The summed E-state index contributed by atoms with van der Waals surface area (Å²) in [6, 6.07) is 0. The van der Waals surface area contributed by atoms with Crippen LogP contribution in [0.3, 0.4) is 0 Å². The highest BCUT2D eigenvalue weighted by Crippen LogP contribution is 2.67. The zero-order valence-electron chi connectivity index (χ0n) is 42.5. The van der Waals surface area contributed by atoms with Crippen molar-refractivity contribution in [2.75, 3.05) is 72.5 Å². The summed E-state index contributed by atoms with van der Waals surface area (Å²) >= 11 is 0.